The first kappa shape index (κ1) is 13.9. The average molecular weight is 387 g/mol. The minimum atomic E-state index is -0.422. The lowest BCUT2D eigenvalue weighted by Crippen LogP contribution is -2.12. The summed E-state index contributed by atoms with van der Waals surface area (Å²) in [5, 5.41) is 21.4. The molecule has 2 aromatic rings. The Kier molecular flexibility index (Phi) is 4.11. The third kappa shape index (κ3) is 3.48. The Bertz CT molecular complexity index is 624. The predicted octanol–water partition coefficient (Wildman–Crippen LogP) is 3.88. The van der Waals surface area contributed by atoms with E-state index in [1.54, 1.807) is 18.2 Å². The summed E-state index contributed by atoms with van der Waals surface area (Å²) in [4.78, 5) is 12.0. The van der Waals surface area contributed by atoms with Crippen LogP contribution in [0.2, 0.25) is 0 Å². The molecule has 4 nitrogen and oxygen atoms in total. The third-order valence-corrected chi connectivity index (χ3v) is 3.49. The zero-order chi connectivity index (χ0) is 14.0. The van der Waals surface area contributed by atoms with Crippen molar-refractivity contribution in [2.75, 3.05) is 5.32 Å². The molecule has 0 saturated heterocycles. The first-order chi connectivity index (χ1) is 8.95. The van der Waals surface area contributed by atoms with Gasteiger partial charge in [0.25, 0.3) is 5.91 Å². The van der Waals surface area contributed by atoms with Crippen LogP contribution in [0.4, 0.5) is 5.69 Å². The Morgan fingerprint density at radius 1 is 1.00 bits per heavy atom. The fraction of sp³-hybridized carbons (Fsp3) is 0. The van der Waals surface area contributed by atoms with Gasteiger partial charge in [0.05, 0.1) is 5.69 Å². The minimum absolute atomic E-state index is 0.167. The van der Waals surface area contributed by atoms with E-state index >= 15 is 0 Å². The van der Waals surface area contributed by atoms with Crippen LogP contribution in [0, 0.1) is 0 Å². The average Bonchev–Trinajstić information content (AvgIpc) is 2.31. The number of halogens is 2. The number of aromatic hydroxyl groups is 2. The minimum Gasteiger partial charge on any atom is -0.508 e. The number of carbonyl (C=O) groups excluding carboxylic acids is 1. The van der Waals surface area contributed by atoms with Crippen LogP contribution in [-0.4, -0.2) is 16.1 Å². The second-order valence-corrected chi connectivity index (χ2v) is 5.59. The van der Waals surface area contributed by atoms with E-state index in [4.69, 9.17) is 0 Å². The maximum Gasteiger partial charge on any atom is 0.255 e. The van der Waals surface area contributed by atoms with Crippen molar-refractivity contribution in [1.29, 1.82) is 0 Å². The van der Waals surface area contributed by atoms with Gasteiger partial charge in [-0.3, -0.25) is 4.79 Å². The number of carbonyl (C=O) groups is 1. The molecule has 0 fully saturated rings. The SMILES string of the molecule is O=C(Nc1ccc(Br)cc1Br)c1cc(O)cc(O)c1. The number of rotatable bonds is 2. The highest BCUT2D eigenvalue weighted by molar-refractivity contribution is 9.11. The van der Waals surface area contributed by atoms with Crippen molar-refractivity contribution in [2.24, 2.45) is 0 Å². The van der Waals surface area contributed by atoms with Gasteiger partial charge in [0.2, 0.25) is 0 Å². The Labute approximate surface area is 126 Å². The Morgan fingerprint density at radius 3 is 2.21 bits per heavy atom. The predicted molar refractivity (Wildman–Crippen MR) is 79.6 cm³/mol. The van der Waals surface area contributed by atoms with Gasteiger partial charge >= 0.3 is 0 Å². The zero-order valence-corrected chi connectivity index (χ0v) is 12.7. The van der Waals surface area contributed by atoms with Crippen LogP contribution in [0.3, 0.4) is 0 Å². The van der Waals surface area contributed by atoms with Crippen LogP contribution in [0.25, 0.3) is 0 Å². The van der Waals surface area contributed by atoms with Crippen LogP contribution in [0.15, 0.2) is 45.3 Å². The second-order valence-electron chi connectivity index (χ2n) is 3.82. The van der Waals surface area contributed by atoms with E-state index in [0.29, 0.717) is 5.69 Å². The number of phenols is 2. The molecule has 0 atom stereocenters. The van der Waals surface area contributed by atoms with E-state index in [2.05, 4.69) is 37.2 Å². The van der Waals surface area contributed by atoms with E-state index in [1.165, 1.54) is 12.1 Å². The number of anilines is 1. The zero-order valence-electron chi connectivity index (χ0n) is 9.52. The van der Waals surface area contributed by atoms with Crippen molar-refractivity contribution in [3.05, 3.63) is 50.9 Å². The van der Waals surface area contributed by atoms with Gasteiger partial charge in [-0.05, 0) is 46.3 Å². The van der Waals surface area contributed by atoms with Crippen LogP contribution in [0.1, 0.15) is 10.4 Å². The maximum absolute atomic E-state index is 12.0. The van der Waals surface area contributed by atoms with Crippen molar-refractivity contribution in [1.82, 2.24) is 0 Å². The van der Waals surface area contributed by atoms with Gasteiger partial charge in [0, 0.05) is 20.6 Å². The van der Waals surface area contributed by atoms with Gasteiger partial charge in [0.1, 0.15) is 11.5 Å². The van der Waals surface area contributed by atoms with Crippen molar-refractivity contribution in [2.45, 2.75) is 0 Å². The quantitative estimate of drug-likeness (QED) is 0.733. The van der Waals surface area contributed by atoms with Crippen LogP contribution in [-0.2, 0) is 0 Å². The number of benzene rings is 2. The molecule has 19 heavy (non-hydrogen) atoms. The molecular weight excluding hydrogens is 378 g/mol. The molecule has 0 saturated carbocycles. The summed E-state index contributed by atoms with van der Waals surface area (Å²) in [6.07, 6.45) is 0. The first-order valence-corrected chi connectivity index (χ1v) is 6.84. The lowest BCUT2D eigenvalue weighted by molar-refractivity contribution is 0.102. The molecule has 98 valence electrons. The molecule has 0 aromatic heterocycles. The molecule has 0 aliphatic carbocycles. The Hall–Kier alpha value is -1.53. The molecule has 2 aromatic carbocycles. The largest absolute Gasteiger partial charge is 0.508 e. The van der Waals surface area contributed by atoms with Crippen LogP contribution >= 0.6 is 31.9 Å². The highest BCUT2D eigenvalue weighted by Crippen LogP contribution is 2.27. The van der Waals surface area contributed by atoms with Crippen LogP contribution in [0.5, 0.6) is 11.5 Å². The van der Waals surface area contributed by atoms with E-state index in [1.807, 2.05) is 0 Å². The number of amides is 1. The highest BCUT2D eigenvalue weighted by atomic mass is 79.9. The molecule has 0 spiro atoms. The molecule has 0 bridgehead atoms. The molecule has 0 aliphatic rings. The molecule has 6 heteroatoms. The van der Waals surface area contributed by atoms with Crippen molar-refractivity contribution in [3.8, 4) is 11.5 Å². The standard InChI is InChI=1S/C13H9Br2NO3/c14-8-1-2-12(11(15)5-8)16-13(19)7-3-9(17)6-10(18)4-7/h1-6,17-18H,(H,16,19). The summed E-state index contributed by atoms with van der Waals surface area (Å²) in [6.45, 7) is 0. The van der Waals surface area contributed by atoms with Gasteiger partial charge in [-0.25, -0.2) is 0 Å². The molecule has 3 N–H and O–H groups in total. The number of nitrogens with one attached hydrogen (secondary N) is 1. The van der Waals surface area contributed by atoms with Gasteiger partial charge in [-0.1, -0.05) is 15.9 Å². The van der Waals surface area contributed by atoms with E-state index in [-0.39, 0.29) is 17.1 Å². The molecule has 2 rings (SSSR count). The van der Waals surface area contributed by atoms with Crippen molar-refractivity contribution in [3.63, 3.8) is 0 Å². The monoisotopic (exact) mass is 385 g/mol. The van der Waals surface area contributed by atoms with E-state index < -0.39 is 5.91 Å². The molecular formula is C13H9Br2NO3. The maximum atomic E-state index is 12.0. The van der Waals surface area contributed by atoms with Crippen LogP contribution < -0.4 is 5.32 Å². The molecule has 0 unspecified atom stereocenters. The molecule has 0 heterocycles. The lowest BCUT2D eigenvalue weighted by atomic mass is 10.2. The summed E-state index contributed by atoms with van der Waals surface area (Å²) in [6, 6.07) is 9.04. The van der Waals surface area contributed by atoms with Gasteiger partial charge < -0.3 is 15.5 Å². The summed E-state index contributed by atoms with van der Waals surface area (Å²) in [7, 11) is 0. The van der Waals surface area contributed by atoms with Gasteiger partial charge in [-0.2, -0.15) is 0 Å². The second kappa shape index (κ2) is 5.63. The number of hydrogen-bond acceptors (Lipinski definition) is 3. The molecule has 1 amide bonds. The lowest BCUT2D eigenvalue weighted by Gasteiger charge is -2.08. The van der Waals surface area contributed by atoms with Crippen molar-refractivity contribution < 1.29 is 15.0 Å². The summed E-state index contributed by atoms with van der Waals surface area (Å²) in [5.41, 5.74) is 0.767. The summed E-state index contributed by atoms with van der Waals surface area (Å²) < 4.78 is 1.60. The fourth-order valence-corrected chi connectivity index (χ4v) is 2.66. The smallest absolute Gasteiger partial charge is 0.255 e. The normalized spacial score (nSPS) is 10.2. The van der Waals surface area contributed by atoms with Gasteiger partial charge in [-0.15, -0.1) is 0 Å². The van der Waals surface area contributed by atoms with E-state index in [9.17, 15) is 15.0 Å². The van der Waals surface area contributed by atoms with Crippen molar-refractivity contribution >= 4 is 43.5 Å². The Balaban J connectivity index is 2.25. The highest BCUT2D eigenvalue weighted by Gasteiger charge is 2.10. The van der Waals surface area contributed by atoms with Gasteiger partial charge in [0.15, 0.2) is 0 Å². The number of phenolic OH excluding ortho intramolecular Hbond substituents is 2. The molecule has 0 aliphatic heterocycles. The van der Waals surface area contributed by atoms with E-state index in [0.717, 1.165) is 15.0 Å². The number of hydrogen-bond donors (Lipinski definition) is 3. The molecule has 0 radical (unpaired) electrons. The first-order valence-electron chi connectivity index (χ1n) is 5.25. The third-order valence-electron chi connectivity index (χ3n) is 2.34. The topological polar surface area (TPSA) is 69.6 Å². The summed E-state index contributed by atoms with van der Waals surface area (Å²) in [5.74, 6) is -0.755. The Morgan fingerprint density at radius 2 is 1.63 bits per heavy atom. The fourth-order valence-electron chi connectivity index (χ4n) is 1.51. The summed E-state index contributed by atoms with van der Waals surface area (Å²) >= 11 is 6.65.